The van der Waals surface area contributed by atoms with Crippen LogP contribution in [0.1, 0.15) is 5.56 Å². The van der Waals surface area contributed by atoms with Gasteiger partial charge in [0.1, 0.15) is 0 Å². The molecule has 3 N–H and O–H groups in total. The van der Waals surface area contributed by atoms with Crippen molar-refractivity contribution in [2.45, 2.75) is 6.92 Å². The highest BCUT2D eigenvalue weighted by Gasteiger charge is 2.03. The summed E-state index contributed by atoms with van der Waals surface area (Å²) in [4.78, 5) is 1.99. The van der Waals surface area contributed by atoms with Gasteiger partial charge < -0.3 is 15.7 Å². The van der Waals surface area contributed by atoms with Crippen molar-refractivity contribution in [2.75, 3.05) is 30.8 Å². The summed E-state index contributed by atoms with van der Waals surface area (Å²) >= 11 is 0. The van der Waals surface area contributed by atoms with E-state index in [1.807, 2.05) is 37.1 Å². The van der Waals surface area contributed by atoms with Crippen molar-refractivity contribution < 1.29 is 5.11 Å². The van der Waals surface area contributed by atoms with E-state index in [-0.39, 0.29) is 6.61 Å². The fourth-order valence-corrected chi connectivity index (χ4v) is 1.31. The maximum Gasteiger partial charge on any atom is 0.0606 e. The second-order valence-corrected chi connectivity index (χ2v) is 3.19. The van der Waals surface area contributed by atoms with Gasteiger partial charge in [-0.2, -0.15) is 0 Å². The Kier molecular flexibility index (Phi) is 3.14. The number of rotatable bonds is 3. The molecule has 0 atom stereocenters. The van der Waals surface area contributed by atoms with Crippen LogP contribution >= 0.6 is 0 Å². The highest BCUT2D eigenvalue weighted by molar-refractivity contribution is 5.60. The number of hydrogen-bond donors (Lipinski definition) is 2. The predicted molar refractivity (Wildman–Crippen MR) is 55.9 cm³/mol. The number of likely N-dealkylation sites (N-methyl/N-ethyl adjacent to an activating group) is 1. The zero-order valence-electron chi connectivity index (χ0n) is 8.12. The van der Waals surface area contributed by atoms with Gasteiger partial charge in [0, 0.05) is 25.0 Å². The number of benzene rings is 1. The Morgan fingerprint density at radius 1 is 1.46 bits per heavy atom. The Bertz CT molecular complexity index is 286. The topological polar surface area (TPSA) is 49.5 Å². The monoisotopic (exact) mass is 180 g/mol. The van der Waals surface area contributed by atoms with Crippen molar-refractivity contribution in [3.05, 3.63) is 23.8 Å². The third-order valence-electron chi connectivity index (χ3n) is 2.08. The third-order valence-corrected chi connectivity index (χ3v) is 2.08. The molecule has 0 heterocycles. The summed E-state index contributed by atoms with van der Waals surface area (Å²) in [5.41, 5.74) is 8.68. The molecule has 3 nitrogen and oxygen atoms in total. The molecule has 0 aliphatic carbocycles. The molecule has 1 aromatic rings. The number of anilines is 2. The fraction of sp³-hybridized carbons (Fsp3) is 0.400. The van der Waals surface area contributed by atoms with Crippen LogP contribution in [0.5, 0.6) is 0 Å². The van der Waals surface area contributed by atoms with Gasteiger partial charge in [-0.1, -0.05) is 6.07 Å². The summed E-state index contributed by atoms with van der Waals surface area (Å²) in [7, 11) is 1.94. The lowest BCUT2D eigenvalue weighted by Gasteiger charge is -2.20. The lowest BCUT2D eigenvalue weighted by molar-refractivity contribution is 0.304. The lowest BCUT2D eigenvalue weighted by Crippen LogP contribution is -2.22. The molecular formula is C10H16N2O. The molecule has 0 amide bonds. The predicted octanol–water partition coefficient (Wildman–Crippen LogP) is 1.01. The van der Waals surface area contributed by atoms with Gasteiger partial charge in [0.25, 0.3) is 0 Å². The van der Waals surface area contributed by atoms with E-state index in [1.165, 1.54) is 5.56 Å². The highest BCUT2D eigenvalue weighted by Crippen LogP contribution is 2.21. The molecule has 1 aromatic carbocycles. The summed E-state index contributed by atoms with van der Waals surface area (Å²) in [6.07, 6.45) is 0. The number of nitrogens with two attached hydrogens (primary N) is 1. The highest BCUT2D eigenvalue weighted by atomic mass is 16.3. The van der Waals surface area contributed by atoms with E-state index < -0.39 is 0 Å². The molecule has 1 rings (SSSR count). The molecule has 0 bridgehead atoms. The normalized spacial score (nSPS) is 10.1. The minimum Gasteiger partial charge on any atom is -0.399 e. The number of aliphatic hydroxyl groups is 1. The van der Waals surface area contributed by atoms with Gasteiger partial charge in [0.2, 0.25) is 0 Å². The average molecular weight is 180 g/mol. The van der Waals surface area contributed by atoms with Gasteiger partial charge in [-0.15, -0.1) is 0 Å². The van der Waals surface area contributed by atoms with Crippen LogP contribution in [-0.2, 0) is 0 Å². The number of nitrogens with zero attached hydrogens (tertiary/aromatic N) is 1. The Hall–Kier alpha value is -1.22. The van der Waals surface area contributed by atoms with Crippen LogP contribution in [0.2, 0.25) is 0 Å². The molecule has 0 unspecified atom stereocenters. The Balaban J connectivity index is 2.91. The van der Waals surface area contributed by atoms with Gasteiger partial charge in [0.05, 0.1) is 6.61 Å². The second kappa shape index (κ2) is 4.14. The molecule has 0 aromatic heterocycles. The van der Waals surface area contributed by atoms with Crippen molar-refractivity contribution in [1.29, 1.82) is 0 Å². The molecule has 0 aliphatic heterocycles. The van der Waals surface area contributed by atoms with E-state index in [1.54, 1.807) is 0 Å². The first-order valence-corrected chi connectivity index (χ1v) is 4.33. The third kappa shape index (κ3) is 2.36. The van der Waals surface area contributed by atoms with Gasteiger partial charge in [0.15, 0.2) is 0 Å². The lowest BCUT2D eigenvalue weighted by atomic mass is 10.1. The minimum atomic E-state index is 0.157. The van der Waals surface area contributed by atoms with Gasteiger partial charge in [-0.3, -0.25) is 0 Å². The second-order valence-electron chi connectivity index (χ2n) is 3.19. The van der Waals surface area contributed by atoms with Crippen molar-refractivity contribution in [3.63, 3.8) is 0 Å². The summed E-state index contributed by atoms with van der Waals surface area (Å²) in [5, 5.41) is 8.79. The van der Waals surface area contributed by atoms with Crippen LogP contribution in [0.4, 0.5) is 11.4 Å². The van der Waals surface area contributed by atoms with E-state index in [2.05, 4.69) is 0 Å². The molecule has 0 radical (unpaired) electrons. The molecule has 0 fully saturated rings. The van der Waals surface area contributed by atoms with E-state index in [9.17, 15) is 0 Å². The van der Waals surface area contributed by atoms with Crippen molar-refractivity contribution in [1.82, 2.24) is 0 Å². The quantitative estimate of drug-likeness (QED) is 0.682. The van der Waals surface area contributed by atoms with Gasteiger partial charge in [-0.05, 0) is 24.6 Å². The van der Waals surface area contributed by atoms with Crippen molar-refractivity contribution >= 4 is 11.4 Å². The van der Waals surface area contributed by atoms with Crippen LogP contribution < -0.4 is 10.6 Å². The Morgan fingerprint density at radius 3 is 2.77 bits per heavy atom. The summed E-state index contributed by atoms with van der Waals surface area (Å²) in [6, 6.07) is 5.79. The van der Waals surface area contributed by atoms with Gasteiger partial charge in [-0.25, -0.2) is 0 Å². The number of aliphatic hydroxyl groups excluding tert-OH is 1. The van der Waals surface area contributed by atoms with Crippen LogP contribution in [0.15, 0.2) is 18.2 Å². The summed E-state index contributed by atoms with van der Waals surface area (Å²) in [6.45, 7) is 2.82. The molecule has 3 heteroatoms. The van der Waals surface area contributed by atoms with Crippen molar-refractivity contribution in [3.8, 4) is 0 Å². The SMILES string of the molecule is Cc1ccc(N)cc1N(C)CCO. The van der Waals surface area contributed by atoms with Gasteiger partial charge >= 0.3 is 0 Å². The Morgan fingerprint density at radius 2 is 2.15 bits per heavy atom. The number of hydrogen-bond acceptors (Lipinski definition) is 3. The van der Waals surface area contributed by atoms with Crippen LogP contribution in [0.25, 0.3) is 0 Å². The zero-order valence-corrected chi connectivity index (χ0v) is 8.12. The first-order chi connectivity index (χ1) is 6.15. The van der Waals surface area contributed by atoms with Crippen LogP contribution in [0, 0.1) is 6.92 Å². The van der Waals surface area contributed by atoms with Crippen molar-refractivity contribution in [2.24, 2.45) is 0 Å². The van der Waals surface area contributed by atoms with E-state index in [4.69, 9.17) is 10.8 Å². The largest absolute Gasteiger partial charge is 0.399 e. The van der Waals surface area contributed by atoms with E-state index in [0.29, 0.717) is 6.54 Å². The van der Waals surface area contributed by atoms with E-state index >= 15 is 0 Å². The molecule has 72 valence electrons. The molecular weight excluding hydrogens is 164 g/mol. The van der Waals surface area contributed by atoms with E-state index in [0.717, 1.165) is 11.4 Å². The molecule has 0 aliphatic rings. The average Bonchev–Trinajstić information content (AvgIpc) is 2.09. The smallest absolute Gasteiger partial charge is 0.0606 e. The Labute approximate surface area is 78.8 Å². The zero-order chi connectivity index (χ0) is 9.84. The maximum absolute atomic E-state index is 8.79. The molecule has 13 heavy (non-hydrogen) atoms. The minimum absolute atomic E-state index is 0.157. The molecule has 0 saturated heterocycles. The first kappa shape index (κ1) is 9.86. The standard InChI is InChI=1S/C10H16N2O/c1-8-3-4-9(11)7-10(8)12(2)5-6-13/h3-4,7,13H,5-6,11H2,1-2H3. The summed E-state index contributed by atoms with van der Waals surface area (Å²) in [5.74, 6) is 0. The fourth-order valence-electron chi connectivity index (χ4n) is 1.31. The number of aryl methyl sites for hydroxylation is 1. The first-order valence-electron chi connectivity index (χ1n) is 4.33. The van der Waals surface area contributed by atoms with Crippen LogP contribution in [-0.4, -0.2) is 25.3 Å². The molecule has 0 saturated carbocycles. The van der Waals surface area contributed by atoms with Crippen LogP contribution in [0.3, 0.4) is 0 Å². The maximum atomic E-state index is 8.79. The summed E-state index contributed by atoms with van der Waals surface area (Å²) < 4.78 is 0. The number of nitrogen functional groups attached to an aromatic ring is 1. The molecule has 0 spiro atoms.